The first-order chi connectivity index (χ1) is 13.9. The van der Waals surface area contributed by atoms with Crippen molar-refractivity contribution < 1.29 is 8.42 Å². The van der Waals surface area contributed by atoms with Crippen molar-refractivity contribution in [2.24, 2.45) is 0 Å². The maximum Gasteiger partial charge on any atom is 0.218 e. The number of sulfonamides is 1. The molecule has 0 amide bonds. The van der Waals surface area contributed by atoms with E-state index in [2.05, 4.69) is 11.1 Å². The predicted molar refractivity (Wildman–Crippen MR) is 121 cm³/mol. The molecule has 0 radical (unpaired) electrons. The first kappa shape index (κ1) is 23.8. The van der Waals surface area contributed by atoms with Crippen LogP contribution in [-0.4, -0.2) is 24.8 Å². The van der Waals surface area contributed by atoms with Crippen LogP contribution in [0.2, 0.25) is 5.02 Å². The van der Waals surface area contributed by atoms with Gasteiger partial charge in [-0.1, -0.05) is 41.9 Å². The van der Waals surface area contributed by atoms with Gasteiger partial charge in [0, 0.05) is 18.3 Å². The van der Waals surface area contributed by atoms with Crippen molar-refractivity contribution in [1.29, 1.82) is 5.26 Å². The highest BCUT2D eigenvalue weighted by Gasteiger charge is 2.20. The number of benzene rings is 2. The van der Waals surface area contributed by atoms with Crippen LogP contribution in [0.4, 0.5) is 0 Å². The van der Waals surface area contributed by atoms with Crippen LogP contribution in [0, 0.1) is 11.3 Å². The second kappa shape index (κ2) is 10.6. The molecule has 0 saturated carbocycles. The highest BCUT2D eigenvalue weighted by atomic mass is 35.5. The standard InChI is InChI=1S/C22H20ClN3O2S.ClH/c1-26(29(27,28)16-19-4-2-6-21(23)13-19)15-22-20(5-3-11-25-22)12-17-7-9-18(14-24)10-8-17;/h2-11,13H,12,15-16H2,1H3;1H. The summed E-state index contributed by atoms with van der Waals surface area (Å²) in [6, 6.07) is 20.1. The Kier molecular flexibility index (Phi) is 8.39. The second-order valence-electron chi connectivity index (χ2n) is 6.74. The van der Waals surface area contributed by atoms with Crippen LogP contribution >= 0.6 is 24.0 Å². The molecule has 1 aromatic heterocycles. The highest BCUT2D eigenvalue weighted by molar-refractivity contribution is 7.88. The van der Waals surface area contributed by atoms with Gasteiger partial charge in [-0.25, -0.2) is 8.42 Å². The van der Waals surface area contributed by atoms with Crippen LogP contribution in [0.15, 0.2) is 66.9 Å². The molecule has 0 atom stereocenters. The first-order valence-electron chi connectivity index (χ1n) is 8.97. The molecule has 156 valence electrons. The Morgan fingerprint density at radius 2 is 1.80 bits per heavy atom. The van der Waals surface area contributed by atoms with E-state index in [1.165, 1.54) is 4.31 Å². The summed E-state index contributed by atoms with van der Waals surface area (Å²) in [5.41, 5.74) is 3.92. The number of hydrogen-bond acceptors (Lipinski definition) is 4. The summed E-state index contributed by atoms with van der Waals surface area (Å²) in [6.07, 6.45) is 2.27. The summed E-state index contributed by atoms with van der Waals surface area (Å²) in [5.74, 6) is -0.123. The SMILES string of the molecule is CN(Cc1ncccc1Cc1ccc(C#N)cc1)S(=O)(=O)Cc1cccc(Cl)c1.Cl. The number of nitriles is 1. The molecule has 0 spiro atoms. The van der Waals surface area contributed by atoms with Crippen LogP contribution in [0.1, 0.15) is 27.9 Å². The van der Waals surface area contributed by atoms with Crippen molar-refractivity contribution in [2.75, 3.05) is 7.05 Å². The minimum atomic E-state index is -3.53. The Morgan fingerprint density at radius 1 is 1.07 bits per heavy atom. The molecule has 0 aliphatic heterocycles. The van der Waals surface area contributed by atoms with Gasteiger partial charge in [-0.3, -0.25) is 4.98 Å². The zero-order valence-corrected chi connectivity index (χ0v) is 18.7. The average Bonchev–Trinajstić information content (AvgIpc) is 2.69. The normalized spacial score (nSPS) is 11.0. The van der Waals surface area contributed by atoms with Crippen molar-refractivity contribution in [1.82, 2.24) is 9.29 Å². The topological polar surface area (TPSA) is 74.1 Å². The fourth-order valence-electron chi connectivity index (χ4n) is 2.95. The lowest BCUT2D eigenvalue weighted by molar-refractivity contribution is 0.460. The summed E-state index contributed by atoms with van der Waals surface area (Å²) < 4.78 is 26.9. The smallest absolute Gasteiger partial charge is 0.218 e. The van der Waals surface area contributed by atoms with Crippen LogP contribution in [0.5, 0.6) is 0 Å². The van der Waals surface area contributed by atoms with Gasteiger partial charge < -0.3 is 0 Å². The molecule has 0 aliphatic rings. The van der Waals surface area contributed by atoms with Crippen LogP contribution in [-0.2, 0) is 28.7 Å². The van der Waals surface area contributed by atoms with Gasteiger partial charge in [-0.05, 0) is 53.4 Å². The highest BCUT2D eigenvalue weighted by Crippen LogP contribution is 2.19. The molecule has 5 nitrogen and oxygen atoms in total. The Labute approximate surface area is 188 Å². The van der Waals surface area contributed by atoms with Gasteiger partial charge >= 0.3 is 0 Å². The van der Waals surface area contributed by atoms with Gasteiger partial charge in [-0.15, -0.1) is 12.4 Å². The van der Waals surface area contributed by atoms with Gasteiger partial charge in [0.2, 0.25) is 10.0 Å². The van der Waals surface area contributed by atoms with Crippen molar-refractivity contribution in [3.8, 4) is 6.07 Å². The molecule has 0 saturated heterocycles. The number of halogens is 2. The monoisotopic (exact) mass is 461 g/mol. The maximum absolute atomic E-state index is 12.8. The third-order valence-corrected chi connectivity index (χ3v) is 6.56. The summed E-state index contributed by atoms with van der Waals surface area (Å²) in [7, 11) is -1.97. The maximum atomic E-state index is 12.8. The summed E-state index contributed by atoms with van der Waals surface area (Å²) in [4.78, 5) is 4.40. The van der Waals surface area contributed by atoms with Crippen LogP contribution < -0.4 is 0 Å². The molecule has 0 bridgehead atoms. The fourth-order valence-corrected chi connectivity index (χ4v) is 4.30. The number of hydrogen-bond donors (Lipinski definition) is 0. The van der Waals surface area contributed by atoms with Gasteiger partial charge in [0.1, 0.15) is 0 Å². The van der Waals surface area contributed by atoms with Gasteiger partial charge in [0.05, 0.1) is 29.6 Å². The molecular formula is C22H21Cl2N3O2S. The molecular weight excluding hydrogens is 441 g/mol. The lowest BCUT2D eigenvalue weighted by Crippen LogP contribution is -2.28. The molecule has 0 N–H and O–H groups in total. The lowest BCUT2D eigenvalue weighted by Gasteiger charge is -2.18. The van der Waals surface area contributed by atoms with Crippen molar-refractivity contribution in [3.05, 3.63) is 99.8 Å². The van der Waals surface area contributed by atoms with Crippen LogP contribution in [0.3, 0.4) is 0 Å². The predicted octanol–water partition coefficient (Wildman–Crippen LogP) is 4.58. The largest absolute Gasteiger partial charge is 0.260 e. The van der Waals surface area contributed by atoms with Crippen molar-refractivity contribution in [2.45, 2.75) is 18.7 Å². The molecule has 0 unspecified atom stereocenters. The van der Waals surface area contributed by atoms with Gasteiger partial charge in [-0.2, -0.15) is 9.57 Å². The Bertz CT molecular complexity index is 1140. The molecule has 0 aliphatic carbocycles. The van der Waals surface area contributed by atoms with Gasteiger partial charge in [0.25, 0.3) is 0 Å². The molecule has 30 heavy (non-hydrogen) atoms. The third-order valence-electron chi connectivity index (χ3n) is 4.55. The van der Waals surface area contributed by atoms with E-state index in [0.29, 0.717) is 28.3 Å². The van der Waals surface area contributed by atoms with Crippen LogP contribution in [0.25, 0.3) is 0 Å². The number of nitrogens with zero attached hydrogens (tertiary/aromatic N) is 3. The number of aromatic nitrogens is 1. The zero-order chi connectivity index (χ0) is 20.9. The fraction of sp³-hybridized carbons (Fsp3) is 0.182. The molecule has 8 heteroatoms. The minimum Gasteiger partial charge on any atom is -0.260 e. The van der Waals surface area contributed by atoms with E-state index < -0.39 is 10.0 Å². The van der Waals surface area contributed by atoms with E-state index in [1.54, 1.807) is 49.6 Å². The molecule has 1 heterocycles. The quantitative estimate of drug-likeness (QED) is 0.515. The third kappa shape index (κ3) is 6.28. The molecule has 2 aromatic carbocycles. The average molecular weight is 462 g/mol. The second-order valence-corrected chi connectivity index (χ2v) is 9.25. The van der Waals surface area contributed by atoms with E-state index in [1.807, 2.05) is 24.3 Å². The van der Waals surface area contributed by atoms with E-state index in [-0.39, 0.29) is 24.7 Å². The van der Waals surface area contributed by atoms with E-state index in [0.717, 1.165) is 11.1 Å². The van der Waals surface area contributed by atoms with E-state index in [4.69, 9.17) is 16.9 Å². The van der Waals surface area contributed by atoms with E-state index in [9.17, 15) is 8.42 Å². The molecule has 3 aromatic rings. The van der Waals surface area contributed by atoms with Gasteiger partial charge in [0.15, 0.2) is 0 Å². The van der Waals surface area contributed by atoms with E-state index >= 15 is 0 Å². The first-order valence-corrected chi connectivity index (χ1v) is 11.0. The number of pyridine rings is 1. The molecule has 3 rings (SSSR count). The Hall–Kier alpha value is -2.43. The number of rotatable bonds is 7. The summed E-state index contributed by atoms with van der Waals surface area (Å²) >= 11 is 5.96. The molecule has 0 fully saturated rings. The zero-order valence-electron chi connectivity index (χ0n) is 16.3. The van der Waals surface area contributed by atoms with Crippen molar-refractivity contribution in [3.63, 3.8) is 0 Å². The minimum absolute atomic E-state index is 0. The Balaban J connectivity index is 0.00000320. The summed E-state index contributed by atoms with van der Waals surface area (Å²) in [6.45, 7) is 0.176. The Morgan fingerprint density at radius 3 is 2.47 bits per heavy atom. The summed E-state index contributed by atoms with van der Waals surface area (Å²) in [5, 5.41) is 9.44. The van der Waals surface area contributed by atoms with Crippen molar-refractivity contribution >= 4 is 34.0 Å². The lowest BCUT2D eigenvalue weighted by atomic mass is 10.0.